The Hall–Kier alpha value is -2.63. The lowest BCUT2D eigenvalue weighted by Crippen LogP contribution is -2.13. The number of nitrogens with zero attached hydrogens (tertiary/aromatic N) is 1. The molecule has 0 aliphatic heterocycles. The zero-order valence-electron chi connectivity index (χ0n) is 8.68. The van der Waals surface area contributed by atoms with E-state index in [1.807, 2.05) is 0 Å². The number of nitrogens with one attached hydrogen (secondary N) is 2. The maximum atomic E-state index is 11.6. The molecule has 2 aromatic heterocycles. The van der Waals surface area contributed by atoms with Crippen LogP contribution in [0.4, 0.5) is 5.82 Å². The van der Waals surface area contributed by atoms with Crippen LogP contribution in [-0.2, 0) is 0 Å². The van der Waals surface area contributed by atoms with Crippen LogP contribution in [0.15, 0.2) is 36.7 Å². The minimum Gasteiger partial charge on any atom is -0.478 e. The first-order chi connectivity index (χ1) is 8.16. The van der Waals surface area contributed by atoms with Crippen molar-refractivity contribution in [2.24, 2.45) is 0 Å². The normalized spacial score (nSPS) is 9.88. The number of carbonyl (C=O) groups is 2. The molecule has 3 N–H and O–H groups in total. The number of anilines is 1. The molecule has 1 amide bonds. The molecular weight excluding hydrogens is 222 g/mol. The topological polar surface area (TPSA) is 95.1 Å². The monoisotopic (exact) mass is 231 g/mol. The lowest BCUT2D eigenvalue weighted by atomic mass is 10.3. The summed E-state index contributed by atoms with van der Waals surface area (Å²) in [7, 11) is 0. The highest BCUT2D eigenvalue weighted by Crippen LogP contribution is 2.06. The molecule has 0 saturated heterocycles. The van der Waals surface area contributed by atoms with Gasteiger partial charge in [-0.15, -0.1) is 0 Å². The highest BCUT2D eigenvalue weighted by molar-refractivity contribution is 6.02. The number of H-pyrrole nitrogens is 1. The molecule has 0 unspecified atom stereocenters. The van der Waals surface area contributed by atoms with Gasteiger partial charge in [0.15, 0.2) is 0 Å². The Morgan fingerprint density at radius 1 is 1.29 bits per heavy atom. The Kier molecular flexibility index (Phi) is 2.87. The lowest BCUT2D eigenvalue weighted by molar-refractivity contribution is 0.0696. The van der Waals surface area contributed by atoms with Crippen LogP contribution >= 0.6 is 0 Å². The van der Waals surface area contributed by atoms with Crippen molar-refractivity contribution in [1.29, 1.82) is 0 Å². The van der Waals surface area contributed by atoms with Crippen molar-refractivity contribution in [3.05, 3.63) is 47.9 Å². The van der Waals surface area contributed by atoms with Crippen LogP contribution < -0.4 is 5.32 Å². The second-order valence-corrected chi connectivity index (χ2v) is 3.28. The number of aromatic carboxylic acids is 1. The molecule has 0 radical (unpaired) electrons. The minimum absolute atomic E-state index is 0.0721. The zero-order valence-corrected chi connectivity index (χ0v) is 8.68. The van der Waals surface area contributed by atoms with Crippen LogP contribution in [0.5, 0.6) is 0 Å². The van der Waals surface area contributed by atoms with Crippen LogP contribution in [-0.4, -0.2) is 27.0 Å². The van der Waals surface area contributed by atoms with Gasteiger partial charge in [0.2, 0.25) is 0 Å². The number of pyridine rings is 1. The van der Waals surface area contributed by atoms with Gasteiger partial charge in [0.1, 0.15) is 11.5 Å². The molecule has 0 aromatic carbocycles. The number of carboxylic acids is 1. The van der Waals surface area contributed by atoms with E-state index in [0.29, 0.717) is 11.5 Å². The van der Waals surface area contributed by atoms with E-state index in [1.54, 1.807) is 18.3 Å². The standard InChI is InChI=1S/C11H9N3O3/c15-10(8-2-1-5-12-8)14-9-4-3-7(6-13-9)11(16)17/h1-6,12H,(H,16,17)(H,13,14,15). The Morgan fingerprint density at radius 2 is 2.12 bits per heavy atom. The smallest absolute Gasteiger partial charge is 0.337 e. The fourth-order valence-electron chi connectivity index (χ4n) is 1.25. The van der Waals surface area contributed by atoms with Crippen molar-refractivity contribution in [2.75, 3.05) is 5.32 Å². The molecule has 0 atom stereocenters. The van der Waals surface area contributed by atoms with Crippen LogP contribution in [0.25, 0.3) is 0 Å². The Labute approximate surface area is 96.3 Å². The Bertz CT molecular complexity index is 532. The van der Waals surface area contributed by atoms with E-state index in [2.05, 4.69) is 15.3 Å². The fraction of sp³-hybridized carbons (Fsp3) is 0. The van der Waals surface area contributed by atoms with E-state index in [9.17, 15) is 9.59 Å². The number of aromatic amines is 1. The average Bonchev–Trinajstić information content (AvgIpc) is 2.83. The summed E-state index contributed by atoms with van der Waals surface area (Å²) in [6.07, 6.45) is 2.82. The molecule has 0 bridgehead atoms. The molecule has 0 aliphatic carbocycles. The summed E-state index contributed by atoms with van der Waals surface area (Å²) in [5.74, 6) is -1.08. The van der Waals surface area contributed by atoms with E-state index in [0.717, 1.165) is 0 Å². The molecule has 0 aliphatic rings. The molecule has 6 heteroatoms. The van der Waals surface area contributed by atoms with Gasteiger partial charge < -0.3 is 15.4 Å². The van der Waals surface area contributed by atoms with Gasteiger partial charge in [0.05, 0.1) is 5.56 Å². The van der Waals surface area contributed by atoms with E-state index < -0.39 is 5.97 Å². The largest absolute Gasteiger partial charge is 0.478 e. The molecule has 17 heavy (non-hydrogen) atoms. The molecule has 0 fully saturated rings. The second-order valence-electron chi connectivity index (χ2n) is 3.28. The van der Waals surface area contributed by atoms with E-state index in [1.165, 1.54) is 18.3 Å². The number of hydrogen-bond acceptors (Lipinski definition) is 3. The number of carboxylic acid groups (broad SMARTS) is 1. The number of amides is 1. The molecule has 86 valence electrons. The summed E-state index contributed by atoms with van der Waals surface area (Å²) in [4.78, 5) is 28.8. The first-order valence-corrected chi connectivity index (χ1v) is 4.81. The van der Waals surface area contributed by atoms with E-state index in [-0.39, 0.29) is 11.5 Å². The van der Waals surface area contributed by atoms with Crippen LogP contribution in [0.3, 0.4) is 0 Å². The summed E-state index contributed by atoms with van der Waals surface area (Å²) in [6.45, 7) is 0. The quantitative estimate of drug-likeness (QED) is 0.743. The molecule has 2 aromatic rings. The molecule has 0 saturated carbocycles. The fourth-order valence-corrected chi connectivity index (χ4v) is 1.25. The van der Waals surface area contributed by atoms with Crippen molar-refractivity contribution < 1.29 is 14.7 Å². The summed E-state index contributed by atoms with van der Waals surface area (Å²) < 4.78 is 0. The summed E-state index contributed by atoms with van der Waals surface area (Å²) >= 11 is 0. The van der Waals surface area contributed by atoms with Gasteiger partial charge in [0.25, 0.3) is 5.91 Å². The summed E-state index contributed by atoms with van der Waals surface area (Å²) in [6, 6.07) is 6.14. The minimum atomic E-state index is -1.06. The molecule has 0 spiro atoms. The van der Waals surface area contributed by atoms with Crippen LogP contribution in [0.2, 0.25) is 0 Å². The van der Waals surface area contributed by atoms with Gasteiger partial charge >= 0.3 is 5.97 Å². The summed E-state index contributed by atoms with van der Waals surface area (Å²) in [5.41, 5.74) is 0.483. The Balaban J connectivity index is 2.09. The number of hydrogen-bond donors (Lipinski definition) is 3. The number of carbonyl (C=O) groups excluding carboxylic acids is 1. The van der Waals surface area contributed by atoms with Crippen molar-refractivity contribution >= 4 is 17.7 Å². The van der Waals surface area contributed by atoms with Gasteiger partial charge in [-0.2, -0.15) is 0 Å². The molecule has 6 nitrogen and oxygen atoms in total. The van der Waals surface area contributed by atoms with Gasteiger partial charge in [0, 0.05) is 12.4 Å². The highest BCUT2D eigenvalue weighted by atomic mass is 16.4. The third-order valence-corrected chi connectivity index (χ3v) is 2.09. The van der Waals surface area contributed by atoms with E-state index in [4.69, 9.17) is 5.11 Å². The highest BCUT2D eigenvalue weighted by Gasteiger charge is 2.08. The maximum absolute atomic E-state index is 11.6. The molecule has 2 heterocycles. The SMILES string of the molecule is O=C(O)c1ccc(NC(=O)c2ccc[nH]2)nc1. The summed E-state index contributed by atoms with van der Waals surface area (Å²) in [5, 5.41) is 11.2. The third kappa shape index (κ3) is 2.49. The number of aromatic nitrogens is 2. The van der Waals surface area contributed by atoms with E-state index >= 15 is 0 Å². The zero-order chi connectivity index (χ0) is 12.3. The van der Waals surface area contributed by atoms with Gasteiger partial charge in [-0.3, -0.25) is 4.79 Å². The first kappa shape index (κ1) is 10.9. The van der Waals surface area contributed by atoms with Crippen molar-refractivity contribution in [3.63, 3.8) is 0 Å². The Morgan fingerprint density at radius 3 is 2.65 bits per heavy atom. The first-order valence-electron chi connectivity index (χ1n) is 4.81. The maximum Gasteiger partial charge on any atom is 0.337 e. The predicted octanol–water partition coefficient (Wildman–Crippen LogP) is 1.36. The van der Waals surface area contributed by atoms with Crippen molar-refractivity contribution in [2.45, 2.75) is 0 Å². The molecule has 2 rings (SSSR count). The third-order valence-electron chi connectivity index (χ3n) is 2.09. The van der Waals surface area contributed by atoms with Crippen LogP contribution in [0, 0.1) is 0 Å². The van der Waals surface area contributed by atoms with Gasteiger partial charge in [-0.25, -0.2) is 9.78 Å². The van der Waals surface area contributed by atoms with Gasteiger partial charge in [-0.1, -0.05) is 0 Å². The second kappa shape index (κ2) is 4.48. The van der Waals surface area contributed by atoms with Gasteiger partial charge in [-0.05, 0) is 24.3 Å². The average molecular weight is 231 g/mol. The van der Waals surface area contributed by atoms with Crippen molar-refractivity contribution in [3.8, 4) is 0 Å². The van der Waals surface area contributed by atoms with Crippen molar-refractivity contribution in [1.82, 2.24) is 9.97 Å². The van der Waals surface area contributed by atoms with Crippen LogP contribution in [0.1, 0.15) is 20.8 Å². The molecular formula is C11H9N3O3. The lowest BCUT2D eigenvalue weighted by Gasteiger charge is -2.02. The number of rotatable bonds is 3. The predicted molar refractivity (Wildman–Crippen MR) is 59.9 cm³/mol.